The van der Waals surface area contributed by atoms with Crippen molar-refractivity contribution in [1.82, 2.24) is 10.2 Å². The molecule has 92 valence electrons. The Morgan fingerprint density at radius 1 is 1.38 bits per heavy atom. The van der Waals surface area contributed by atoms with Gasteiger partial charge in [-0.3, -0.25) is 9.59 Å². The van der Waals surface area contributed by atoms with Crippen LogP contribution in [0.5, 0.6) is 0 Å². The summed E-state index contributed by atoms with van der Waals surface area (Å²) in [6, 6.07) is 0. The normalized spacial score (nSPS) is 17.2. The first kappa shape index (κ1) is 13.3. The van der Waals surface area contributed by atoms with E-state index in [0.29, 0.717) is 31.9 Å². The van der Waals surface area contributed by atoms with E-state index < -0.39 is 0 Å². The molecule has 0 radical (unpaired) electrons. The lowest BCUT2D eigenvalue weighted by Gasteiger charge is -2.31. The molecule has 1 N–H and O–H groups in total. The van der Waals surface area contributed by atoms with Crippen LogP contribution in [0.2, 0.25) is 0 Å². The highest BCUT2D eigenvalue weighted by Crippen LogP contribution is 2.17. The van der Waals surface area contributed by atoms with Gasteiger partial charge >= 0.3 is 0 Å². The minimum atomic E-state index is 0.0694. The van der Waals surface area contributed by atoms with Crippen LogP contribution in [0.3, 0.4) is 0 Å². The van der Waals surface area contributed by atoms with Crippen molar-refractivity contribution >= 4 is 23.4 Å². The summed E-state index contributed by atoms with van der Waals surface area (Å²) in [5, 5.41) is 2.82. The van der Waals surface area contributed by atoms with Gasteiger partial charge in [-0.1, -0.05) is 0 Å². The van der Waals surface area contributed by atoms with E-state index in [2.05, 4.69) is 5.32 Å². The van der Waals surface area contributed by atoms with E-state index in [0.717, 1.165) is 12.8 Å². The van der Waals surface area contributed by atoms with Crippen LogP contribution in [-0.4, -0.2) is 42.2 Å². The van der Waals surface area contributed by atoms with Crippen LogP contribution in [0.4, 0.5) is 0 Å². The zero-order valence-electron chi connectivity index (χ0n) is 9.67. The molecule has 0 bridgehead atoms. The van der Waals surface area contributed by atoms with Gasteiger partial charge in [-0.2, -0.15) is 0 Å². The summed E-state index contributed by atoms with van der Waals surface area (Å²) in [6.45, 7) is 3.94. The molecule has 1 aliphatic rings. The number of carbonyl (C=O) groups excluding carboxylic acids is 2. The Labute approximate surface area is 101 Å². The van der Waals surface area contributed by atoms with Crippen molar-refractivity contribution < 1.29 is 9.59 Å². The Bertz CT molecular complexity index is 224. The lowest BCUT2D eigenvalue weighted by atomic mass is 9.96. The molecular weight excluding hydrogens is 228 g/mol. The number of nitrogens with zero attached hydrogens (tertiary/aromatic N) is 1. The van der Waals surface area contributed by atoms with Crippen LogP contribution >= 0.6 is 11.6 Å². The molecular formula is C11H19ClN2O2. The second-order valence-corrected chi connectivity index (χ2v) is 4.37. The first-order valence-electron chi connectivity index (χ1n) is 5.80. The molecule has 0 unspecified atom stereocenters. The van der Waals surface area contributed by atoms with Gasteiger partial charge in [0.2, 0.25) is 11.8 Å². The van der Waals surface area contributed by atoms with E-state index >= 15 is 0 Å². The molecule has 0 aromatic carbocycles. The van der Waals surface area contributed by atoms with Crippen LogP contribution in [0, 0.1) is 5.92 Å². The molecule has 1 heterocycles. The molecule has 4 nitrogen and oxygen atoms in total. The van der Waals surface area contributed by atoms with Crippen molar-refractivity contribution in [3.8, 4) is 0 Å². The SMILES string of the molecule is CCNC(=O)C1CCN(C(=O)CCCl)CC1. The van der Waals surface area contributed by atoms with E-state index in [1.165, 1.54) is 0 Å². The third-order valence-electron chi connectivity index (χ3n) is 2.88. The number of amides is 2. The van der Waals surface area contributed by atoms with Crippen LogP contribution < -0.4 is 5.32 Å². The van der Waals surface area contributed by atoms with Crippen LogP contribution in [-0.2, 0) is 9.59 Å². The fourth-order valence-electron chi connectivity index (χ4n) is 1.95. The summed E-state index contributed by atoms with van der Waals surface area (Å²) >= 11 is 5.52. The molecule has 1 saturated heterocycles. The lowest BCUT2D eigenvalue weighted by molar-refractivity contribution is -0.135. The second kappa shape index (κ2) is 6.74. The molecule has 16 heavy (non-hydrogen) atoms. The van der Waals surface area contributed by atoms with Gasteiger partial charge in [-0.25, -0.2) is 0 Å². The number of hydrogen-bond acceptors (Lipinski definition) is 2. The molecule has 5 heteroatoms. The summed E-state index contributed by atoms with van der Waals surface area (Å²) < 4.78 is 0. The number of nitrogens with one attached hydrogen (secondary N) is 1. The molecule has 0 aromatic heterocycles. The van der Waals surface area contributed by atoms with Crippen molar-refractivity contribution in [2.75, 3.05) is 25.5 Å². The quantitative estimate of drug-likeness (QED) is 0.752. The van der Waals surface area contributed by atoms with Crippen molar-refractivity contribution in [2.45, 2.75) is 26.2 Å². The zero-order chi connectivity index (χ0) is 12.0. The maximum absolute atomic E-state index is 11.6. The number of carbonyl (C=O) groups is 2. The van der Waals surface area contributed by atoms with Crippen LogP contribution in [0.1, 0.15) is 26.2 Å². The predicted octanol–water partition coefficient (Wildman–Crippen LogP) is 0.990. The van der Waals surface area contributed by atoms with Gasteiger partial charge in [0.05, 0.1) is 0 Å². The third-order valence-corrected chi connectivity index (χ3v) is 3.07. The number of rotatable bonds is 4. The number of likely N-dealkylation sites (tertiary alicyclic amines) is 1. The van der Waals surface area contributed by atoms with Gasteiger partial charge in [0, 0.05) is 37.9 Å². The number of halogens is 1. The fourth-order valence-corrected chi connectivity index (χ4v) is 2.11. The number of hydrogen-bond donors (Lipinski definition) is 1. The second-order valence-electron chi connectivity index (χ2n) is 3.99. The Hall–Kier alpha value is -0.770. The van der Waals surface area contributed by atoms with E-state index in [9.17, 15) is 9.59 Å². The molecule has 1 aliphatic heterocycles. The minimum Gasteiger partial charge on any atom is -0.356 e. The Kier molecular flexibility index (Phi) is 5.60. The first-order valence-corrected chi connectivity index (χ1v) is 6.34. The summed E-state index contributed by atoms with van der Waals surface area (Å²) in [7, 11) is 0. The molecule has 1 fully saturated rings. The minimum absolute atomic E-state index is 0.0694. The summed E-state index contributed by atoms with van der Waals surface area (Å²) in [6.07, 6.45) is 1.92. The molecule has 0 saturated carbocycles. The number of piperidine rings is 1. The summed E-state index contributed by atoms with van der Waals surface area (Å²) in [4.78, 5) is 24.9. The Balaban J connectivity index is 2.33. The highest BCUT2D eigenvalue weighted by atomic mass is 35.5. The van der Waals surface area contributed by atoms with Crippen molar-refractivity contribution in [1.29, 1.82) is 0 Å². The smallest absolute Gasteiger partial charge is 0.223 e. The molecule has 0 spiro atoms. The van der Waals surface area contributed by atoms with Gasteiger partial charge in [0.25, 0.3) is 0 Å². The van der Waals surface area contributed by atoms with Gasteiger partial charge < -0.3 is 10.2 Å². The highest BCUT2D eigenvalue weighted by Gasteiger charge is 2.26. The summed E-state index contributed by atoms with van der Waals surface area (Å²) in [5.41, 5.74) is 0. The standard InChI is InChI=1S/C11H19ClN2O2/c1-2-13-11(16)9-4-7-14(8-5-9)10(15)3-6-12/h9H,2-8H2,1H3,(H,13,16). The molecule has 2 amide bonds. The van der Waals surface area contributed by atoms with Gasteiger partial charge in [-0.05, 0) is 19.8 Å². The Morgan fingerprint density at radius 2 is 2.00 bits per heavy atom. The topological polar surface area (TPSA) is 49.4 Å². The molecule has 0 atom stereocenters. The third kappa shape index (κ3) is 3.67. The van der Waals surface area contributed by atoms with Gasteiger partial charge in [-0.15, -0.1) is 11.6 Å². The van der Waals surface area contributed by atoms with E-state index in [1.54, 1.807) is 4.90 Å². The van der Waals surface area contributed by atoms with Crippen molar-refractivity contribution in [3.63, 3.8) is 0 Å². The average molecular weight is 247 g/mol. The van der Waals surface area contributed by atoms with Crippen LogP contribution in [0.15, 0.2) is 0 Å². The summed E-state index contributed by atoms with van der Waals surface area (Å²) in [5.74, 6) is 0.658. The fraction of sp³-hybridized carbons (Fsp3) is 0.818. The lowest BCUT2D eigenvalue weighted by Crippen LogP contribution is -2.43. The van der Waals surface area contributed by atoms with E-state index in [4.69, 9.17) is 11.6 Å². The molecule has 1 rings (SSSR count). The van der Waals surface area contributed by atoms with Crippen molar-refractivity contribution in [2.24, 2.45) is 5.92 Å². The first-order chi connectivity index (χ1) is 7.69. The van der Waals surface area contributed by atoms with E-state index in [-0.39, 0.29) is 17.7 Å². The van der Waals surface area contributed by atoms with Crippen molar-refractivity contribution in [3.05, 3.63) is 0 Å². The predicted molar refractivity (Wildman–Crippen MR) is 63.3 cm³/mol. The average Bonchev–Trinajstić information content (AvgIpc) is 2.30. The molecule has 0 aliphatic carbocycles. The van der Waals surface area contributed by atoms with E-state index in [1.807, 2.05) is 6.92 Å². The highest BCUT2D eigenvalue weighted by molar-refractivity contribution is 6.18. The van der Waals surface area contributed by atoms with Crippen LogP contribution in [0.25, 0.3) is 0 Å². The largest absolute Gasteiger partial charge is 0.356 e. The molecule has 0 aromatic rings. The van der Waals surface area contributed by atoms with Gasteiger partial charge in [0.1, 0.15) is 0 Å². The maximum Gasteiger partial charge on any atom is 0.223 e. The maximum atomic E-state index is 11.6. The number of alkyl halides is 1. The zero-order valence-corrected chi connectivity index (χ0v) is 10.4. The Morgan fingerprint density at radius 3 is 2.50 bits per heavy atom. The van der Waals surface area contributed by atoms with Gasteiger partial charge in [0.15, 0.2) is 0 Å². The monoisotopic (exact) mass is 246 g/mol.